The minimum Gasteiger partial charge on any atom is -0.492 e. The molecule has 2 nitrogen and oxygen atoms in total. The van der Waals surface area contributed by atoms with E-state index in [1.165, 1.54) is 16.7 Å². The van der Waals surface area contributed by atoms with Gasteiger partial charge in [-0.25, -0.2) is 0 Å². The molecule has 112 valence electrons. The van der Waals surface area contributed by atoms with Crippen LogP contribution in [0.25, 0.3) is 0 Å². The van der Waals surface area contributed by atoms with Crippen molar-refractivity contribution in [3.63, 3.8) is 0 Å². The SMILES string of the molecule is CCCOc1ccc(C(NC)c2ccccc2C)cc1Br. The van der Waals surface area contributed by atoms with E-state index in [-0.39, 0.29) is 6.04 Å². The highest BCUT2D eigenvalue weighted by Crippen LogP contribution is 2.31. The fourth-order valence-electron chi connectivity index (χ4n) is 2.44. The van der Waals surface area contributed by atoms with Gasteiger partial charge in [0, 0.05) is 0 Å². The van der Waals surface area contributed by atoms with Gasteiger partial charge in [-0.3, -0.25) is 0 Å². The zero-order valence-corrected chi connectivity index (χ0v) is 14.4. The molecule has 0 spiro atoms. The topological polar surface area (TPSA) is 21.3 Å². The fraction of sp³-hybridized carbons (Fsp3) is 0.333. The largest absolute Gasteiger partial charge is 0.492 e. The van der Waals surface area contributed by atoms with Crippen LogP contribution >= 0.6 is 15.9 Å². The molecule has 1 N–H and O–H groups in total. The molecule has 2 aromatic carbocycles. The van der Waals surface area contributed by atoms with Gasteiger partial charge in [0.1, 0.15) is 5.75 Å². The minimum atomic E-state index is 0.183. The van der Waals surface area contributed by atoms with Crippen LogP contribution < -0.4 is 10.1 Å². The minimum absolute atomic E-state index is 0.183. The summed E-state index contributed by atoms with van der Waals surface area (Å²) in [6.07, 6.45) is 1.01. The molecule has 0 aliphatic rings. The number of nitrogens with one attached hydrogen (secondary N) is 1. The number of benzene rings is 2. The maximum absolute atomic E-state index is 5.72. The van der Waals surface area contributed by atoms with Gasteiger partial charge in [0.15, 0.2) is 0 Å². The molecule has 0 aliphatic heterocycles. The lowest BCUT2D eigenvalue weighted by Gasteiger charge is -2.20. The lowest BCUT2D eigenvalue weighted by molar-refractivity contribution is 0.315. The molecular weight excluding hydrogens is 326 g/mol. The zero-order chi connectivity index (χ0) is 15.2. The van der Waals surface area contributed by atoms with Crippen molar-refractivity contribution in [2.45, 2.75) is 26.3 Å². The molecule has 0 bridgehead atoms. The standard InChI is InChI=1S/C18H22BrNO/c1-4-11-21-17-10-9-14(12-16(17)19)18(20-3)15-8-6-5-7-13(15)2/h5-10,12,18,20H,4,11H2,1-3H3. The van der Waals surface area contributed by atoms with Crippen LogP contribution in [0.15, 0.2) is 46.9 Å². The van der Waals surface area contributed by atoms with Crippen molar-refractivity contribution in [2.24, 2.45) is 0 Å². The van der Waals surface area contributed by atoms with Gasteiger partial charge in [0.2, 0.25) is 0 Å². The summed E-state index contributed by atoms with van der Waals surface area (Å²) in [5, 5.41) is 3.40. The number of hydrogen-bond acceptors (Lipinski definition) is 2. The second kappa shape index (κ2) is 7.62. The van der Waals surface area contributed by atoms with Crippen LogP contribution in [0.1, 0.15) is 36.1 Å². The van der Waals surface area contributed by atoms with E-state index in [2.05, 4.69) is 71.5 Å². The average Bonchev–Trinajstić information content (AvgIpc) is 2.49. The van der Waals surface area contributed by atoms with E-state index in [9.17, 15) is 0 Å². The third-order valence-electron chi connectivity index (χ3n) is 3.54. The van der Waals surface area contributed by atoms with Crippen LogP contribution in [0.5, 0.6) is 5.75 Å². The highest BCUT2D eigenvalue weighted by molar-refractivity contribution is 9.10. The smallest absolute Gasteiger partial charge is 0.133 e. The monoisotopic (exact) mass is 347 g/mol. The molecule has 21 heavy (non-hydrogen) atoms. The molecular formula is C18H22BrNO. The molecule has 1 atom stereocenters. The first-order valence-electron chi connectivity index (χ1n) is 7.32. The van der Waals surface area contributed by atoms with Crippen molar-refractivity contribution in [3.8, 4) is 5.75 Å². The van der Waals surface area contributed by atoms with Crippen LogP contribution in [0.4, 0.5) is 0 Å². The summed E-state index contributed by atoms with van der Waals surface area (Å²) in [6.45, 7) is 5.00. The molecule has 0 aromatic heterocycles. The Morgan fingerprint density at radius 3 is 2.57 bits per heavy atom. The molecule has 0 fully saturated rings. The molecule has 0 saturated heterocycles. The van der Waals surface area contributed by atoms with Gasteiger partial charge in [-0.05, 0) is 65.1 Å². The maximum atomic E-state index is 5.72. The van der Waals surface area contributed by atoms with Gasteiger partial charge in [-0.1, -0.05) is 37.3 Å². The predicted octanol–water partition coefficient (Wildman–Crippen LogP) is 4.86. The Morgan fingerprint density at radius 1 is 1.19 bits per heavy atom. The van der Waals surface area contributed by atoms with Crippen molar-refractivity contribution in [1.82, 2.24) is 5.32 Å². The lowest BCUT2D eigenvalue weighted by atomic mass is 9.95. The van der Waals surface area contributed by atoms with Crippen LogP contribution in [0.2, 0.25) is 0 Å². The van der Waals surface area contributed by atoms with E-state index < -0.39 is 0 Å². The van der Waals surface area contributed by atoms with Crippen molar-refractivity contribution < 1.29 is 4.74 Å². The van der Waals surface area contributed by atoms with Gasteiger partial charge in [-0.15, -0.1) is 0 Å². The maximum Gasteiger partial charge on any atom is 0.133 e. The molecule has 1 unspecified atom stereocenters. The van der Waals surface area contributed by atoms with E-state index in [0.29, 0.717) is 0 Å². The van der Waals surface area contributed by atoms with Crippen LogP contribution in [0, 0.1) is 6.92 Å². The number of ether oxygens (including phenoxy) is 1. The van der Waals surface area contributed by atoms with Crippen LogP contribution in [-0.2, 0) is 0 Å². The van der Waals surface area contributed by atoms with E-state index >= 15 is 0 Å². The Balaban J connectivity index is 2.31. The molecule has 0 radical (unpaired) electrons. The summed E-state index contributed by atoms with van der Waals surface area (Å²) in [6, 6.07) is 15.0. The summed E-state index contributed by atoms with van der Waals surface area (Å²) in [5.41, 5.74) is 3.82. The number of rotatable bonds is 6. The Hall–Kier alpha value is -1.32. The zero-order valence-electron chi connectivity index (χ0n) is 12.8. The van der Waals surface area contributed by atoms with Crippen LogP contribution in [-0.4, -0.2) is 13.7 Å². The Labute approximate surface area is 135 Å². The molecule has 2 aromatic rings. The summed E-state index contributed by atoms with van der Waals surface area (Å²) in [5.74, 6) is 0.903. The van der Waals surface area contributed by atoms with Gasteiger partial charge < -0.3 is 10.1 Å². The molecule has 0 amide bonds. The van der Waals surface area contributed by atoms with E-state index in [1.807, 2.05) is 13.1 Å². The van der Waals surface area contributed by atoms with Crippen molar-refractivity contribution in [2.75, 3.05) is 13.7 Å². The van der Waals surface area contributed by atoms with Gasteiger partial charge in [0.25, 0.3) is 0 Å². The Morgan fingerprint density at radius 2 is 1.95 bits per heavy atom. The third kappa shape index (κ3) is 3.86. The second-order valence-corrected chi connectivity index (χ2v) is 5.97. The predicted molar refractivity (Wildman–Crippen MR) is 92.0 cm³/mol. The highest BCUT2D eigenvalue weighted by atomic mass is 79.9. The van der Waals surface area contributed by atoms with E-state index in [0.717, 1.165) is 23.2 Å². The molecule has 0 aliphatic carbocycles. The molecule has 2 rings (SSSR count). The fourth-order valence-corrected chi connectivity index (χ4v) is 2.95. The Kier molecular flexibility index (Phi) is 5.83. The van der Waals surface area contributed by atoms with E-state index in [1.54, 1.807) is 0 Å². The quantitative estimate of drug-likeness (QED) is 0.805. The normalized spacial score (nSPS) is 12.2. The number of hydrogen-bond donors (Lipinski definition) is 1. The van der Waals surface area contributed by atoms with E-state index in [4.69, 9.17) is 4.74 Å². The van der Waals surface area contributed by atoms with Crippen molar-refractivity contribution >= 4 is 15.9 Å². The third-order valence-corrected chi connectivity index (χ3v) is 4.16. The first-order chi connectivity index (χ1) is 10.2. The molecule has 0 heterocycles. The van der Waals surface area contributed by atoms with Crippen LogP contribution in [0.3, 0.4) is 0 Å². The summed E-state index contributed by atoms with van der Waals surface area (Å²) in [4.78, 5) is 0. The number of aryl methyl sites for hydroxylation is 1. The summed E-state index contributed by atoms with van der Waals surface area (Å²) < 4.78 is 6.72. The summed E-state index contributed by atoms with van der Waals surface area (Å²) in [7, 11) is 1.99. The second-order valence-electron chi connectivity index (χ2n) is 5.12. The Bertz CT molecular complexity index is 598. The van der Waals surface area contributed by atoms with Gasteiger partial charge >= 0.3 is 0 Å². The average molecular weight is 348 g/mol. The number of halogens is 1. The van der Waals surface area contributed by atoms with Crippen molar-refractivity contribution in [3.05, 3.63) is 63.6 Å². The highest BCUT2D eigenvalue weighted by Gasteiger charge is 2.15. The first kappa shape index (κ1) is 16.1. The first-order valence-corrected chi connectivity index (χ1v) is 8.11. The van der Waals surface area contributed by atoms with Gasteiger partial charge in [0.05, 0.1) is 17.1 Å². The molecule has 3 heteroatoms. The van der Waals surface area contributed by atoms with Crippen molar-refractivity contribution in [1.29, 1.82) is 0 Å². The summed E-state index contributed by atoms with van der Waals surface area (Å²) >= 11 is 3.61. The molecule has 0 saturated carbocycles. The lowest BCUT2D eigenvalue weighted by Crippen LogP contribution is -2.18. The van der Waals surface area contributed by atoms with Gasteiger partial charge in [-0.2, -0.15) is 0 Å².